The maximum Gasteiger partial charge on any atom is 0.249 e. The van der Waals surface area contributed by atoms with Crippen LogP contribution in [0.25, 0.3) is 0 Å². The van der Waals surface area contributed by atoms with Gasteiger partial charge in [0.2, 0.25) is 11.8 Å². The van der Waals surface area contributed by atoms with Crippen molar-refractivity contribution in [2.75, 3.05) is 4.90 Å². The Morgan fingerprint density at radius 1 is 1.12 bits per heavy atom. The topological polar surface area (TPSA) is 54.3 Å². The number of carbonyl (C=O) groups is 2. The van der Waals surface area contributed by atoms with Crippen molar-refractivity contribution in [2.45, 2.75) is 50.6 Å². The van der Waals surface area contributed by atoms with Gasteiger partial charge < -0.3 is 9.88 Å². The van der Waals surface area contributed by atoms with Gasteiger partial charge in [-0.15, -0.1) is 11.3 Å². The highest BCUT2D eigenvalue weighted by Crippen LogP contribution is 2.32. The van der Waals surface area contributed by atoms with Gasteiger partial charge in [-0.1, -0.05) is 37.5 Å². The molecule has 1 aromatic carbocycles. The maximum absolute atomic E-state index is 15.0. The van der Waals surface area contributed by atoms with Gasteiger partial charge in [0.1, 0.15) is 5.82 Å². The van der Waals surface area contributed by atoms with Gasteiger partial charge in [-0.3, -0.25) is 14.5 Å². The number of hydrogen-bond donors (Lipinski definition) is 1. The number of nitrogens with zero attached hydrogens (tertiary/aromatic N) is 2. The second-order valence-electron chi connectivity index (χ2n) is 8.26. The monoisotopic (exact) mass is 453 g/mol. The van der Waals surface area contributed by atoms with E-state index in [2.05, 4.69) is 5.32 Å². The molecule has 168 valence electrons. The van der Waals surface area contributed by atoms with Crippen LogP contribution < -0.4 is 10.2 Å². The van der Waals surface area contributed by atoms with Crippen LogP contribution in [0.3, 0.4) is 0 Å². The van der Waals surface area contributed by atoms with E-state index < -0.39 is 11.9 Å². The van der Waals surface area contributed by atoms with Crippen LogP contribution in [-0.2, 0) is 23.1 Å². The Morgan fingerprint density at radius 3 is 2.56 bits per heavy atom. The number of thiophene rings is 1. The third-order valence-corrected chi connectivity index (χ3v) is 6.88. The molecular formula is C25H28FN3O2S. The second-order valence-corrected chi connectivity index (χ2v) is 9.29. The summed E-state index contributed by atoms with van der Waals surface area (Å²) in [5, 5.41) is 5.06. The maximum atomic E-state index is 15.0. The summed E-state index contributed by atoms with van der Waals surface area (Å²) in [7, 11) is 1.83. The zero-order valence-corrected chi connectivity index (χ0v) is 19.0. The zero-order chi connectivity index (χ0) is 22.5. The summed E-state index contributed by atoms with van der Waals surface area (Å²) in [6.07, 6.45) is 7.11. The predicted molar refractivity (Wildman–Crippen MR) is 125 cm³/mol. The molecule has 1 aliphatic carbocycles. The summed E-state index contributed by atoms with van der Waals surface area (Å²) in [6, 6.07) is 12.7. The van der Waals surface area contributed by atoms with Gasteiger partial charge in [-0.2, -0.15) is 0 Å². The Balaban J connectivity index is 1.75. The Kier molecular flexibility index (Phi) is 7.05. The molecule has 3 aromatic rings. The van der Waals surface area contributed by atoms with E-state index in [1.165, 1.54) is 28.7 Å². The number of halogens is 1. The van der Waals surface area contributed by atoms with E-state index in [-0.39, 0.29) is 30.0 Å². The molecule has 0 spiro atoms. The highest BCUT2D eigenvalue weighted by molar-refractivity contribution is 7.10. The van der Waals surface area contributed by atoms with Gasteiger partial charge in [-0.05, 0) is 48.6 Å². The van der Waals surface area contributed by atoms with Crippen molar-refractivity contribution in [1.29, 1.82) is 0 Å². The highest BCUT2D eigenvalue weighted by Gasteiger charge is 2.36. The van der Waals surface area contributed by atoms with Gasteiger partial charge in [0.25, 0.3) is 0 Å². The predicted octanol–water partition coefficient (Wildman–Crippen LogP) is 4.99. The minimum Gasteiger partial charge on any atom is -0.352 e. The lowest BCUT2D eigenvalue weighted by Gasteiger charge is -2.33. The molecule has 5 nitrogen and oxygen atoms in total. The molecule has 1 atom stereocenters. The average molecular weight is 454 g/mol. The number of amides is 2. The third-order valence-electron chi connectivity index (χ3n) is 6.01. The molecule has 1 aliphatic rings. The summed E-state index contributed by atoms with van der Waals surface area (Å²) < 4.78 is 16.8. The molecule has 1 saturated carbocycles. The van der Waals surface area contributed by atoms with Crippen molar-refractivity contribution in [3.8, 4) is 0 Å². The molecule has 2 amide bonds. The summed E-state index contributed by atoms with van der Waals surface area (Å²) >= 11 is 1.47. The summed E-state index contributed by atoms with van der Waals surface area (Å²) in [5.41, 5.74) is 0.750. The smallest absolute Gasteiger partial charge is 0.249 e. The standard InChI is InChI=1S/C25H28FN3O2S/c1-28-15-7-14-22(28)24(25(31)27-18-9-3-2-4-10-18)29(21-13-6-5-12-20(21)26)23(30)17-19-11-8-16-32-19/h5-8,11-16,18,24H,2-4,9-10,17H2,1H3,(H,27,31)/t24-/m0/s1. The van der Waals surface area contributed by atoms with E-state index in [9.17, 15) is 14.0 Å². The number of aromatic nitrogens is 1. The first-order valence-electron chi connectivity index (χ1n) is 11.0. The van der Waals surface area contributed by atoms with Crippen LogP contribution in [0.5, 0.6) is 0 Å². The fourth-order valence-corrected chi connectivity index (χ4v) is 5.08. The second kappa shape index (κ2) is 10.1. The first kappa shape index (κ1) is 22.3. The third kappa shape index (κ3) is 4.93. The molecular weight excluding hydrogens is 425 g/mol. The van der Waals surface area contributed by atoms with Crippen molar-refractivity contribution < 1.29 is 14.0 Å². The van der Waals surface area contributed by atoms with Gasteiger partial charge in [0, 0.05) is 24.2 Å². The number of aryl methyl sites for hydroxylation is 1. The highest BCUT2D eigenvalue weighted by atomic mass is 32.1. The van der Waals surface area contributed by atoms with E-state index in [1.54, 1.807) is 18.2 Å². The fourth-order valence-electron chi connectivity index (χ4n) is 4.38. The summed E-state index contributed by atoms with van der Waals surface area (Å²) in [4.78, 5) is 29.4. The first-order valence-corrected chi connectivity index (χ1v) is 11.9. The van der Waals surface area contributed by atoms with Gasteiger partial charge in [-0.25, -0.2) is 4.39 Å². The molecule has 0 aliphatic heterocycles. The zero-order valence-electron chi connectivity index (χ0n) is 18.2. The number of rotatable bonds is 7. The Morgan fingerprint density at radius 2 is 1.91 bits per heavy atom. The van der Waals surface area contributed by atoms with Gasteiger partial charge in [0.05, 0.1) is 17.8 Å². The van der Waals surface area contributed by atoms with Crippen LogP contribution >= 0.6 is 11.3 Å². The van der Waals surface area contributed by atoms with Crippen molar-refractivity contribution in [3.05, 3.63) is 76.5 Å². The quantitative estimate of drug-likeness (QED) is 0.548. The molecule has 2 aromatic heterocycles. The molecule has 4 rings (SSSR count). The normalized spacial score (nSPS) is 15.3. The molecule has 1 N–H and O–H groups in total. The Hall–Kier alpha value is -2.93. The van der Waals surface area contributed by atoms with Crippen molar-refractivity contribution in [2.24, 2.45) is 7.05 Å². The molecule has 32 heavy (non-hydrogen) atoms. The number of carbonyl (C=O) groups excluding carboxylic acids is 2. The number of benzene rings is 1. The lowest BCUT2D eigenvalue weighted by Crippen LogP contribution is -2.48. The molecule has 0 saturated heterocycles. The Labute approximate surface area is 191 Å². The van der Waals surface area contributed by atoms with Crippen LogP contribution in [0.15, 0.2) is 60.1 Å². The van der Waals surface area contributed by atoms with Crippen molar-refractivity contribution in [3.63, 3.8) is 0 Å². The molecule has 0 radical (unpaired) electrons. The van der Waals surface area contributed by atoms with Crippen molar-refractivity contribution in [1.82, 2.24) is 9.88 Å². The Bertz CT molecular complexity index is 1060. The molecule has 1 fully saturated rings. The molecule has 2 heterocycles. The largest absolute Gasteiger partial charge is 0.352 e. The minimum atomic E-state index is -0.971. The lowest BCUT2D eigenvalue weighted by molar-refractivity contribution is -0.127. The van der Waals surface area contributed by atoms with Crippen molar-refractivity contribution >= 4 is 28.8 Å². The van der Waals surface area contributed by atoms with Gasteiger partial charge >= 0.3 is 0 Å². The van der Waals surface area contributed by atoms with E-state index in [1.807, 2.05) is 47.5 Å². The van der Waals surface area contributed by atoms with E-state index in [0.29, 0.717) is 5.69 Å². The lowest BCUT2D eigenvalue weighted by atomic mass is 9.95. The van der Waals surface area contributed by atoms with Gasteiger partial charge in [0.15, 0.2) is 6.04 Å². The van der Waals surface area contributed by atoms with E-state index in [0.717, 1.165) is 30.6 Å². The first-order chi connectivity index (χ1) is 15.5. The van der Waals surface area contributed by atoms with Crippen LogP contribution in [0, 0.1) is 5.82 Å². The van der Waals surface area contributed by atoms with E-state index in [4.69, 9.17) is 0 Å². The number of anilines is 1. The molecule has 7 heteroatoms. The number of nitrogens with one attached hydrogen (secondary N) is 1. The fraction of sp³-hybridized carbons (Fsp3) is 0.360. The van der Waals surface area contributed by atoms with Crippen LogP contribution in [0.4, 0.5) is 10.1 Å². The molecule has 0 unspecified atom stereocenters. The SMILES string of the molecule is Cn1cccc1[C@@H](C(=O)NC1CCCCC1)N(C(=O)Cc1cccs1)c1ccccc1F. The van der Waals surface area contributed by atoms with Crippen LogP contribution in [0.2, 0.25) is 0 Å². The van der Waals surface area contributed by atoms with Crippen LogP contribution in [0.1, 0.15) is 48.7 Å². The summed E-state index contributed by atoms with van der Waals surface area (Å²) in [6.45, 7) is 0. The molecule has 0 bridgehead atoms. The number of hydrogen-bond acceptors (Lipinski definition) is 3. The average Bonchev–Trinajstić information content (AvgIpc) is 3.45. The van der Waals surface area contributed by atoms with E-state index >= 15 is 0 Å². The number of para-hydroxylation sites is 1. The summed E-state index contributed by atoms with van der Waals surface area (Å²) in [5.74, 6) is -1.12. The van der Waals surface area contributed by atoms with Crippen LogP contribution in [-0.4, -0.2) is 22.4 Å². The minimum absolute atomic E-state index is 0.0777.